The number of carboxylic acids is 1. The number of ether oxygens (including phenoxy) is 1. The zero-order valence-corrected chi connectivity index (χ0v) is 20.1. The average Bonchev–Trinajstić information content (AvgIpc) is 2.91. The van der Waals surface area contributed by atoms with Crippen molar-refractivity contribution in [2.75, 3.05) is 6.61 Å². The van der Waals surface area contributed by atoms with Crippen LogP contribution >= 0.6 is 11.8 Å². The van der Waals surface area contributed by atoms with Crippen molar-refractivity contribution in [1.29, 1.82) is 0 Å². The fourth-order valence-electron chi connectivity index (χ4n) is 3.82. The summed E-state index contributed by atoms with van der Waals surface area (Å²) in [6.07, 6.45) is 0. The Morgan fingerprint density at radius 3 is 2.63 bits per heavy atom. The van der Waals surface area contributed by atoms with Crippen molar-refractivity contribution in [2.24, 2.45) is 0 Å². The van der Waals surface area contributed by atoms with E-state index < -0.39 is 22.8 Å². The van der Waals surface area contributed by atoms with Crippen LogP contribution in [0.3, 0.4) is 0 Å². The Kier molecular flexibility index (Phi) is 7.71. The number of hydroxylamine groups is 1. The fourth-order valence-corrected chi connectivity index (χ4v) is 5.43. The molecule has 2 fully saturated rings. The number of thioether (sulfide) groups is 1. The first-order valence-electron chi connectivity index (χ1n) is 9.13. The predicted octanol–water partition coefficient (Wildman–Crippen LogP) is -2.52. The SMILES string of the molecule is CCOc1ccc2ccccc2c1ON[C@@H]1C(=O)N2[C@@H]1SC(C)(C)[C@@H]2C(=O)[O-].O.[Na+]. The number of amides is 1. The minimum Gasteiger partial charge on any atom is -0.548 e. The van der Waals surface area contributed by atoms with Crippen molar-refractivity contribution >= 4 is 34.4 Å². The number of fused-ring (bicyclic) bond motifs is 2. The van der Waals surface area contributed by atoms with Gasteiger partial charge < -0.3 is 29.9 Å². The van der Waals surface area contributed by atoms with Gasteiger partial charge in [-0.1, -0.05) is 30.3 Å². The van der Waals surface area contributed by atoms with Crippen molar-refractivity contribution in [3.63, 3.8) is 0 Å². The van der Waals surface area contributed by atoms with Gasteiger partial charge in [0, 0.05) is 10.1 Å². The number of rotatable bonds is 6. The smallest absolute Gasteiger partial charge is 0.548 e. The Labute approximate surface area is 200 Å². The number of hydrogen-bond acceptors (Lipinski definition) is 7. The number of aliphatic carboxylic acids is 1. The largest absolute Gasteiger partial charge is 1.00 e. The summed E-state index contributed by atoms with van der Waals surface area (Å²) in [5.74, 6) is -0.467. The van der Waals surface area contributed by atoms with E-state index in [1.54, 1.807) is 13.8 Å². The van der Waals surface area contributed by atoms with Crippen molar-refractivity contribution in [3.8, 4) is 11.5 Å². The Balaban J connectivity index is 0.00000160. The van der Waals surface area contributed by atoms with Crippen LogP contribution in [0.25, 0.3) is 10.8 Å². The van der Waals surface area contributed by atoms with Gasteiger partial charge in [-0.2, -0.15) is 0 Å². The molecule has 2 aromatic carbocycles. The molecule has 3 atom stereocenters. The minimum absolute atomic E-state index is 0. The van der Waals surface area contributed by atoms with Gasteiger partial charge in [0.25, 0.3) is 0 Å². The van der Waals surface area contributed by atoms with Crippen molar-refractivity contribution in [3.05, 3.63) is 36.4 Å². The van der Waals surface area contributed by atoms with E-state index in [9.17, 15) is 14.7 Å². The molecule has 0 radical (unpaired) electrons. The standard InChI is InChI=1S/C20H22N2O5S.Na.H2O/c1-4-26-13-10-9-11-7-5-6-8-12(11)15(13)27-21-14-17(23)22-16(19(24)25)20(2,3)28-18(14)22;;/h5-10,14,16,18,21H,4H2,1-3H3,(H,24,25);;1H2/q;+1;/p-1/t14-,16+,18-;;/m1../s1. The summed E-state index contributed by atoms with van der Waals surface area (Å²) in [4.78, 5) is 31.3. The molecule has 2 aromatic rings. The fraction of sp³-hybridized carbons (Fsp3) is 0.400. The second-order valence-corrected chi connectivity index (χ2v) is 9.09. The molecule has 0 unspecified atom stereocenters. The number of carboxylic acid groups (broad SMARTS) is 1. The maximum atomic E-state index is 12.6. The van der Waals surface area contributed by atoms with E-state index >= 15 is 0 Å². The number of nitrogens with one attached hydrogen (secondary N) is 1. The third-order valence-corrected chi connectivity index (χ3v) is 6.67. The summed E-state index contributed by atoms with van der Waals surface area (Å²) in [6, 6.07) is 9.91. The van der Waals surface area contributed by atoms with Gasteiger partial charge in [0.05, 0.1) is 18.6 Å². The molecule has 3 N–H and O–H groups in total. The number of nitrogens with zero attached hydrogens (tertiary/aromatic N) is 1. The molecule has 2 saturated heterocycles. The average molecular weight is 442 g/mol. The summed E-state index contributed by atoms with van der Waals surface area (Å²) >= 11 is 1.43. The van der Waals surface area contributed by atoms with E-state index in [0.717, 1.165) is 10.8 Å². The third-order valence-electron chi connectivity index (χ3n) is 5.10. The van der Waals surface area contributed by atoms with Crippen LogP contribution in [-0.2, 0) is 9.59 Å². The quantitative estimate of drug-likeness (QED) is 0.298. The third kappa shape index (κ3) is 4.02. The van der Waals surface area contributed by atoms with E-state index in [1.165, 1.54) is 16.7 Å². The molecule has 2 heterocycles. The first-order chi connectivity index (χ1) is 13.3. The topological polar surface area (TPSA) is 122 Å². The van der Waals surface area contributed by atoms with Crippen LogP contribution in [-0.4, -0.2) is 51.1 Å². The molecule has 0 spiro atoms. The summed E-state index contributed by atoms with van der Waals surface area (Å²) in [6.45, 7) is 5.97. The number of benzene rings is 2. The maximum Gasteiger partial charge on any atom is 1.00 e. The van der Waals surface area contributed by atoms with E-state index in [0.29, 0.717) is 18.1 Å². The van der Waals surface area contributed by atoms with Crippen LogP contribution in [0.5, 0.6) is 11.5 Å². The van der Waals surface area contributed by atoms with Gasteiger partial charge >= 0.3 is 29.6 Å². The van der Waals surface area contributed by atoms with Gasteiger partial charge in [0.2, 0.25) is 5.91 Å². The molecule has 10 heteroatoms. The van der Waals surface area contributed by atoms with Gasteiger partial charge in [0.15, 0.2) is 17.5 Å². The Morgan fingerprint density at radius 2 is 1.97 bits per heavy atom. The van der Waals surface area contributed by atoms with Crippen molar-refractivity contribution in [1.82, 2.24) is 10.4 Å². The number of carbonyl (C=O) groups excluding carboxylic acids is 2. The normalized spacial score (nSPS) is 23.6. The molecule has 1 amide bonds. The van der Waals surface area contributed by atoms with Crippen molar-refractivity contribution in [2.45, 2.75) is 43.0 Å². The van der Waals surface area contributed by atoms with Crippen LogP contribution in [0.2, 0.25) is 0 Å². The Morgan fingerprint density at radius 1 is 1.27 bits per heavy atom. The molecule has 2 aliphatic heterocycles. The molecule has 0 aromatic heterocycles. The second kappa shape index (κ2) is 9.33. The number of carbonyl (C=O) groups is 2. The van der Waals surface area contributed by atoms with Gasteiger partial charge in [-0.05, 0) is 32.2 Å². The zero-order chi connectivity index (χ0) is 20.1. The molecular formula is C20H23N2NaO6S. The molecule has 8 nitrogen and oxygen atoms in total. The first kappa shape index (κ1) is 24.8. The van der Waals surface area contributed by atoms with E-state index in [-0.39, 0.29) is 46.3 Å². The monoisotopic (exact) mass is 442 g/mol. The maximum absolute atomic E-state index is 12.6. The molecule has 4 rings (SSSR count). The van der Waals surface area contributed by atoms with E-state index in [4.69, 9.17) is 9.57 Å². The Hall–Kier alpha value is -1.49. The van der Waals surface area contributed by atoms with E-state index in [2.05, 4.69) is 5.48 Å². The van der Waals surface area contributed by atoms with Crippen LogP contribution in [0.1, 0.15) is 20.8 Å². The van der Waals surface area contributed by atoms with Crippen LogP contribution in [0, 0.1) is 0 Å². The molecule has 0 saturated carbocycles. The predicted molar refractivity (Wildman–Crippen MR) is 107 cm³/mol. The van der Waals surface area contributed by atoms with Gasteiger partial charge in [-0.3, -0.25) is 4.79 Å². The van der Waals surface area contributed by atoms with Gasteiger partial charge in [0.1, 0.15) is 5.37 Å². The van der Waals surface area contributed by atoms with Crippen LogP contribution < -0.4 is 49.7 Å². The summed E-state index contributed by atoms with van der Waals surface area (Å²) in [7, 11) is 0. The molecule has 2 aliphatic rings. The minimum atomic E-state index is -1.24. The van der Waals surface area contributed by atoms with Crippen molar-refractivity contribution < 1.29 is 59.3 Å². The Bertz CT molecular complexity index is 956. The summed E-state index contributed by atoms with van der Waals surface area (Å²) in [5, 5.41) is 13.0. The van der Waals surface area contributed by atoms with E-state index in [1.807, 2.05) is 43.3 Å². The van der Waals surface area contributed by atoms with Crippen LogP contribution in [0.4, 0.5) is 0 Å². The summed E-state index contributed by atoms with van der Waals surface area (Å²) in [5.41, 5.74) is 2.84. The molecule has 0 bridgehead atoms. The first-order valence-corrected chi connectivity index (χ1v) is 10.0. The molecular weight excluding hydrogens is 419 g/mol. The second-order valence-electron chi connectivity index (χ2n) is 7.32. The molecule has 0 aliphatic carbocycles. The van der Waals surface area contributed by atoms with Crippen LogP contribution in [0.15, 0.2) is 36.4 Å². The van der Waals surface area contributed by atoms with Gasteiger partial charge in [-0.25, -0.2) is 0 Å². The van der Waals surface area contributed by atoms with Gasteiger partial charge in [-0.15, -0.1) is 17.2 Å². The summed E-state index contributed by atoms with van der Waals surface area (Å²) < 4.78 is 5.04. The number of hydrogen-bond donors (Lipinski definition) is 1. The number of β-lactam (4-membered cyclic amide) rings is 1. The zero-order valence-electron chi connectivity index (χ0n) is 17.3. The molecule has 30 heavy (non-hydrogen) atoms. The molecule has 156 valence electrons.